The molecule has 0 spiro atoms. The third-order valence-electron chi connectivity index (χ3n) is 2.78. The standard InChI is InChI=1S/C14H13NO5S2/c1-2-20-9-5-3-4-8(12(9)18)6-10-13(19)15(7-11(16)17)14(21)22-10/h3-6,18H,2,7H2,1H3,(H,16,17)/b10-6-. The average Bonchev–Trinajstić information content (AvgIpc) is 2.71. The molecule has 0 saturated carbocycles. The Bertz CT molecular complexity index is 671. The fourth-order valence-electron chi connectivity index (χ4n) is 1.84. The van der Waals surface area contributed by atoms with Gasteiger partial charge in [0.25, 0.3) is 5.91 Å². The molecule has 0 atom stereocenters. The van der Waals surface area contributed by atoms with Gasteiger partial charge in [-0.3, -0.25) is 14.5 Å². The molecule has 116 valence electrons. The normalized spacial score (nSPS) is 16.4. The second-order valence-corrected chi connectivity index (χ2v) is 5.96. The Hall–Kier alpha value is -2.06. The van der Waals surface area contributed by atoms with Gasteiger partial charge < -0.3 is 14.9 Å². The van der Waals surface area contributed by atoms with E-state index in [1.54, 1.807) is 25.1 Å². The van der Waals surface area contributed by atoms with Crippen molar-refractivity contribution >= 4 is 46.3 Å². The van der Waals surface area contributed by atoms with Gasteiger partial charge in [-0.05, 0) is 19.1 Å². The zero-order chi connectivity index (χ0) is 16.3. The number of hydrogen-bond acceptors (Lipinski definition) is 6. The van der Waals surface area contributed by atoms with Crippen molar-refractivity contribution in [2.75, 3.05) is 13.2 Å². The summed E-state index contributed by atoms with van der Waals surface area (Å²) in [5.41, 5.74) is 0.404. The lowest BCUT2D eigenvalue weighted by Crippen LogP contribution is -2.33. The van der Waals surface area contributed by atoms with Crippen LogP contribution in [0, 0.1) is 0 Å². The molecule has 6 nitrogen and oxygen atoms in total. The van der Waals surface area contributed by atoms with Crippen molar-refractivity contribution in [2.24, 2.45) is 0 Å². The highest BCUT2D eigenvalue weighted by Crippen LogP contribution is 2.36. The minimum Gasteiger partial charge on any atom is -0.504 e. The van der Waals surface area contributed by atoms with E-state index in [1.807, 2.05) is 0 Å². The molecule has 1 amide bonds. The van der Waals surface area contributed by atoms with Crippen LogP contribution in [-0.2, 0) is 9.59 Å². The first-order valence-electron chi connectivity index (χ1n) is 6.36. The number of phenols is 1. The number of phenolic OH excluding ortho intramolecular Hbond substituents is 1. The van der Waals surface area contributed by atoms with Gasteiger partial charge >= 0.3 is 5.97 Å². The van der Waals surface area contributed by atoms with Crippen molar-refractivity contribution in [1.82, 2.24) is 4.90 Å². The number of carboxylic acid groups (broad SMARTS) is 1. The van der Waals surface area contributed by atoms with Crippen LogP contribution in [0.3, 0.4) is 0 Å². The summed E-state index contributed by atoms with van der Waals surface area (Å²) in [5.74, 6) is -1.39. The predicted octanol–water partition coefficient (Wildman–Crippen LogP) is 2.08. The number of thiocarbonyl (C=S) groups is 1. The fraction of sp³-hybridized carbons (Fsp3) is 0.214. The highest BCUT2D eigenvalue weighted by molar-refractivity contribution is 8.26. The highest BCUT2D eigenvalue weighted by atomic mass is 32.2. The van der Waals surface area contributed by atoms with E-state index in [2.05, 4.69) is 0 Å². The SMILES string of the molecule is CCOc1cccc(/C=C2\SC(=S)N(CC(=O)O)C2=O)c1O. The van der Waals surface area contributed by atoms with Gasteiger partial charge in [0.15, 0.2) is 11.5 Å². The minimum absolute atomic E-state index is 0.0761. The van der Waals surface area contributed by atoms with Gasteiger partial charge in [0, 0.05) is 5.56 Å². The molecular weight excluding hydrogens is 326 g/mol. The Kier molecular flexibility index (Phi) is 5.04. The second kappa shape index (κ2) is 6.80. The van der Waals surface area contributed by atoms with E-state index < -0.39 is 18.4 Å². The number of carboxylic acids is 1. The van der Waals surface area contributed by atoms with Crippen LogP contribution in [0.5, 0.6) is 11.5 Å². The van der Waals surface area contributed by atoms with E-state index in [1.165, 1.54) is 6.08 Å². The molecule has 1 aromatic carbocycles. The number of thioether (sulfide) groups is 1. The maximum atomic E-state index is 12.2. The zero-order valence-electron chi connectivity index (χ0n) is 11.6. The summed E-state index contributed by atoms with van der Waals surface area (Å²) < 4.78 is 5.46. The highest BCUT2D eigenvalue weighted by Gasteiger charge is 2.33. The van der Waals surface area contributed by atoms with Gasteiger partial charge in [-0.1, -0.05) is 36.1 Å². The second-order valence-electron chi connectivity index (χ2n) is 4.29. The van der Waals surface area contributed by atoms with Gasteiger partial charge in [-0.15, -0.1) is 0 Å². The van der Waals surface area contributed by atoms with Crippen LogP contribution in [0.4, 0.5) is 0 Å². The van der Waals surface area contributed by atoms with Crippen LogP contribution in [0.1, 0.15) is 12.5 Å². The van der Waals surface area contributed by atoms with Crippen molar-refractivity contribution in [3.8, 4) is 11.5 Å². The Morgan fingerprint density at radius 3 is 2.86 bits per heavy atom. The number of hydrogen-bond donors (Lipinski definition) is 2. The number of amides is 1. The molecule has 2 N–H and O–H groups in total. The minimum atomic E-state index is -1.14. The first kappa shape index (κ1) is 16.3. The number of rotatable bonds is 5. The van der Waals surface area contributed by atoms with Crippen LogP contribution < -0.4 is 4.74 Å². The summed E-state index contributed by atoms with van der Waals surface area (Å²) in [6.07, 6.45) is 1.47. The third kappa shape index (κ3) is 3.40. The molecule has 1 aromatic rings. The zero-order valence-corrected chi connectivity index (χ0v) is 13.2. The molecule has 1 heterocycles. The number of para-hydroxylation sites is 1. The lowest BCUT2D eigenvalue weighted by molar-refractivity contribution is -0.140. The van der Waals surface area contributed by atoms with Crippen molar-refractivity contribution in [3.05, 3.63) is 28.7 Å². The molecule has 1 aliphatic heterocycles. The summed E-state index contributed by atoms with van der Waals surface area (Å²) in [4.78, 5) is 24.2. The molecule has 1 saturated heterocycles. The van der Waals surface area contributed by atoms with Crippen LogP contribution in [0.15, 0.2) is 23.1 Å². The quantitative estimate of drug-likeness (QED) is 0.627. The number of aromatic hydroxyl groups is 1. The molecule has 8 heteroatoms. The smallest absolute Gasteiger partial charge is 0.323 e. The topological polar surface area (TPSA) is 87.1 Å². The summed E-state index contributed by atoms with van der Waals surface area (Å²) >= 11 is 6.01. The van der Waals surface area contributed by atoms with Crippen molar-refractivity contribution in [1.29, 1.82) is 0 Å². The molecule has 0 aliphatic carbocycles. The number of nitrogens with zero attached hydrogens (tertiary/aromatic N) is 1. The summed E-state index contributed by atoms with van der Waals surface area (Å²) in [6, 6.07) is 4.93. The molecule has 0 radical (unpaired) electrons. The van der Waals surface area contributed by atoms with Crippen LogP contribution in [0.2, 0.25) is 0 Å². The first-order valence-corrected chi connectivity index (χ1v) is 7.58. The maximum Gasteiger partial charge on any atom is 0.323 e. The largest absolute Gasteiger partial charge is 0.504 e. The average molecular weight is 339 g/mol. The van der Waals surface area contributed by atoms with E-state index >= 15 is 0 Å². The molecule has 0 unspecified atom stereocenters. The van der Waals surface area contributed by atoms with Crippen molar-refractivity contribution in [3.63, 3.8) is 0 Å². The predicted molar refractivity (Wildman–Crippen MR) is 86.8 cm³/mol. The Morgan fingerprint density at radius 2 is 2.23 bits per heavy atom. The Balaban J connectivity index is 2.31. The van der Waals surface area contributed by atoms with Gasteiger partial charge in [-0.2, -0.15) is 0 Å². The molecular formula is C14H13NO5S2. The molecule has 0 aromatic heterocycles. The number of aliphatic carboxylic acids is 1. The number of carbonyl (C=O) groups excluding carboxylic acids is 1. The van der Waals surface area contributed by atoms with Crippen molar-refractivity contribution < 1.29 is 24.5 Å². The summed E-state index contributed by atoms with van der Waals surface area (Å²) in [5, 5.41) is 18.9. The van der Waals surface area contributed by atoms with Gasteiger partial charge in [0.2, 0.25) is 0 Å². The van der Waals surface area contributed by atoms with E-state index in [-0.39, 0.29) is 15.0 Å². The molecule has 22 heavy (non-hydrogen) atoms. The van der Waals surface area contributed by atoms with Crippen LogP contribution in [-0.4, -0.2) is 44.5 Å². The monoisotopic (exact) mass is 339 g/mol. The maximum absolute atomic E-state index is 12.2. The van der Waals surface area contributed by atoms with Gasteiger partial charge in [0.1, 0.15) is 10.9 Å². The number of carbonyl (C=O) groups is 2. The lowest BCUT2D eigenvalue weighted by atomic mass is 10.1. The van der Waals surface area contributed by atoms with E-state index in [0.717, 1.165) is 16.7 Å². The summed E-state index contributed by atoms with van der Waals surface area (Å²) in [6.45, 7) is 1.72. The Morgan fingerprint density at radius 1 is 1.50 bits per heavy atom. The fourth-order valence-corrected chi connectivity index (χ4v) is 3.09. The number of ether oxygens (including phenoxy) is 1. The number of benzene rings is 1. The van der Waals surface area contributed by atoms with Gasteiger partial charge in [-0.25, -0.2) is 0 Å². The van der Waals surface area contributed by atoms with E-state index in [9.17, 15) is 14.7 Å². The molecule has 1 aliphatic rings. The van der Waals surface area contributed by atoms with E-state index in [4.69, 9.17) is 22.1 Å². The summed E-state index contributed by atoms with van der Waals surface area (Å²) in [7, 11) is 0. The van der Waals surface area contributed by atoms with Gasteiger partial charge in [0.05, 0.1) is 11.5 Å². The van der Waals surface area contributed by atoms with E-state index in [0.29, 0.717) is 17.9 Å². The molecule has 1 fully saturated rings. The van der Waals surface area contributed by atoms with Crippen LogP contribution in [0.25, 0.3) is 6.08 Å². The van der Waals surface area contributed by atoms with Crippen molar-refractivity contribution in [2.45, 2.75) is 6.92 Å². The first-order chi connectivity index (χ1) is 10.4. The van der Waals surface area contributed by atoms with Crippen LogP contribution >= 0.6 is 24.0 Å². The molecule has 2 rings (SSSR count). The Labute approximate surface area is 136 Å². The third-order valence-corrected chi connectivity index (χ3v) is 4.16. The molecule has 0 bridgehead atoms. The lowest BCUT2D eigenvalue weighted by Gasteiger charge is -2.10.